The van der Waals surface area contributed by atoms with Crippen LogP contribution in [0.5, 0.6) is 0 Å². The molecule has 1 aliphatic heterocycles. The van der Waals surface area contributed by atoms with Gasteiger partial charge in [0.05, 0.1) is 6.07 Å². The van der Waals surface area contributed by atoms with Crippen LogP contribution in [0, 0.1) is 11.3 Å². The van der Waals surface area contributed by atoms with Crippen LogP contribution in [0.3, 0.4) is 0 Å². The average molecular weight is 165 g/mol. The van der Waals surface area contributed by atoms with Gasteiger partial charge in [-0.2, -0.15) is 5.26 Å². The fourth-order valence-corrected chi connectivity index (χ4v) is 1.10. The zero-order valence-corrected chi connectivity index (χ0v) is 6.79. The van der Waals surface area contributed by atoms with Crippen molar-refractivity contribution in [3.8, 4) is 6.07 Å². The Bertz CT molecular complexity index is 223. The first-order valence-electron chi connectivity index (χ1n) is 3.90. The summed E-state index contributed by atoms with van der Waals surface area (Å²) in [5.41, 5.74) is 0. The summed E-state index contributed by atoms with van der Waals surface area (Å²) in [7, 11) is 0. The third-order valence-corrected chi connectivity index (χ3v) is 1.73. The highest BCUT2D eigenvalue weighted by molar-refractivity contribution is 5.88. The van der Waals surface area contributed by atoms with Gasteiger partial charge in [0.15, 0.2) is 0 Å². The summed E-state index contributed by atoms with van der Waals surface area (Å²) in [6.45, 7) is 3.14. The summed E-state index contributed by atoms with van der Waals surface area (Å²) in [6.07, 6.45) is 2.52. The first kappa shape index (κ1) is 8.75. The quantitative estimate of drug-likeness (QED) is 0.421. The third kappa shape index (κ3) is 2.36. The number of nitrogens with one attached hydrogen (secondary N) is 1. The average Bonchev–Trinajstić information content (AvgIpc) is 2.15. The Kier molecular flexibility index (Phi) is 3.30. The van der Waals surface area contributed by atoms with Gasteiger partial charge in [-0.15, -0.1) is 0 Å². The summed E-state index contributed by atoms with van der Waals surface area (Å²) in [4.78, 5) is 12.9. The molecule has 0 radical (unpaired) electrons. The minimum absolute atomic E-state index is 0.0712. The molecular weight excluding hydrogens is 154 g/mol. The molecular formula is C8H11N3O. The van der Waals surface area contributed by atoms with Gasteiger partial charge in [0.1, 0.15) is 0 Å². The molecule has 1 heterocycles. The summed E-state index contributed by atoms with van der Waals surface area (Å²) in [5.74, 6) is -0.0712. The predicted molar refractivity (Wildman–Crippen MR) is 44.2 cm³/mol. The molecule has 1 fully saturated rings. The molecule has 0 spiro atoms. The van der Waals surface area contributed by atoms with Crippen LogP contribution in [0.1, 0.15) is 0 Å². The van der Waals surface area contributed by atoms with Gasteiger partial charge in [-0.3, -0.25) is 4.79 Å². The standard InChI is InChI=1S/C8H11N3O/c9-3-1-2-8(12)11-6-4-10-5-7-11/h1-2,10H,4-7H2/b2-1-. The number of carbonyl (C=O) groups is 1. The maximum Gasteiger partial charge on any atom is 0.247 e. The van der Waals surface area contributed by atoms with Crippen molar-refractivity contribution in [3.63, 3.8) is 0 Å². The first-order valence-corrected chi connectivity index (χ1v) is 3.90. The number of hydrogen-bond acceptors (Lipinski definition) is 3. The van der Waals surface area contributed by atoms with Crippen LogP contribution in [0.15, 0.2) is 12.2 Å². The van der Waals surface area contributed by atoms with Crippen molar-refractivity contribution in [1.82, 2.24) is 10.2 Å². The SMILES string of the molecule is N#C/C=C\C(=O)N1CCNCC1. The second-order valence-corrected chi connectivity index (χ2v) is 2.54. The number of carbonyl (C=O) groups excluding carboxylic acids is 1. The Morgan fingerprint density at radius 3 is 2.75 bits per heavy atom. The molecule has 0 aromatic rings. The molecule has 4 heteroatoms. The molecule has 0 bridgehead atoms. The molecule has 64 valence electrons. The molecule has 0 saturated carbocycles. The zero-order chi connectivity index (χ0) is 8.81. The van der Waals surface area contributed by atoms with Gasteiger partial charge >= 0.3 is 0 Å². The molecule has 1 amide bonds. The number of piperazine rings is 1. The molecule has 0 unspecified atom stereocenters. The fourth-order valence-electron chi connectivity index (χ4n) is 1.10. The molecule has 0 atom stereocenters. The molecule has 0 aliphatic carbocycles. The summed E-state index contributed by atoms with van der Waals surface area (Å²) < 4.78 is 0. The van der Waals surface area contributed by atoms with E-state index in [4.69, 9.17) is 5.26 Å². The lowest BCUT2D eigenvalue weighted by atomic mass is 10.3. The van der Waals surface area contributed by atoms with Crippen LogP contribution in [-0.4, -0.2) is 37.0 Å². The van der Waals surface area contributed by atoms with Crippen molar-refractivity contribution in [1.29, 1.82) is 5.26 Å². The van der Waals surface area contributed by atoms with E-state index in [-0.39, 0.29) is 5.91 Å². The maximum atomic E-state index is 11.2. The molecule has 1 N–H and O–H groups in total. The first-order chi connectivity index (χ1) is 5.84. The third-order valence-electron chi connectivity index (χ3n) is 1.73. The zero-order valence-electron chi connectivity index (χ0n) is 6.79. The number of nitrogens with zero attached hydrogens (tertiary/aromatic N) is 2. The van der Waals surface area contributed by atoms with Crippen molar-refractivity contribution in [2.45, 2.75) is 0 Å². The molecule has 4 nitrogen and oxygen atoms in total. The Hall–Kier alpha value is -1.34. The number of nitriles is 1. The van der Waals surface area contributed by atoms with E-state index in [9.17, 15) is 4.79 Å². The summed E-state index contributed by atoms with van der Waals surface area (Å²) in [5, 5.41) is 11.3. The normalized spacial score (nSPS) is 17.8. The topological polar surface area (TPSA) is 56.1 Å². The van der Waals surface area contributed by atoms with E-state index in [0.717, 1.165) is 26.2 Å². The number of allylic oxidation sites excluding steroid dienone is 1. The molecule has 0 aromatic heterocycles. The van der Waals surface area contributed by atoms with Gasteiger partial charge < -0.3 is 10.2 Å². The van der Waals surface area contributed by atoms with Gasteiger partial charge in [0, 0.05) is 38.3 Å². The van der Waals surface area contributed by atoms with Crippen LogP contribution < -0.4 is 5.32 Å². The van der Waals surface area contributed by atoms with Crippen LogP contribution in [0.4, 0.5) is 0 Å². The second-order valence-electron chi connectivity index (χ2n) is 2.54. The van der Waals surface area contributed by atoms with E-state index >= 15 is 0 Å². The minimum Gasteiger partial charge on any atom is -0.337 e. The van der Waals surface area contributed by atoms with Gasteiger partial charge in [0.2, 0.25) is 5.91 Å². The highest BCUT2D eigenvalue weighted by atomic mass is 16.2. The van der Waals surface area contributed by atoms with E-state index in [1.807, 2.05) is 0 Å². The monoisotopic (exact) mass is 165 g/mol. The molecule has 1 aliphatic rings. The van der Waals surface area contributed by atoms with E-state index < -0.39 is 0 Å². The van der Waals surface area contributed by atoms with E-state index in [1.165, 1.54) is 12.2 Å². The Labute approximate surface area is 71.5 Å². The molecule has 1 rings (SSSR count). The van der Waals surface area contributed by atoms with Crippen LogP contribution >= 0.6 is 0 Å². The van der Waals surface area contributed by atoms with E-state index in [1.54, 1.807) is 11.0 Å². The van der Waals surface area contributed by atoms with Gasteiger partial charge in [0.25, 0.3) is 0 Å². The van der Waals surface area contributed by atoms with E-state index in [0.29, 0.717) is 0 Å². The lowest BCUT2D eigenvalue weighted by molar-refractivity contribution is -0.126. The Morgan fingerprint density at radius 2 is 2.17 bits per heavy atom. The van der Waals surface area contributed by atoms with Crippen molar-refractivity contribution < 1.29 is 4.79 Å². The van der Waals surface area contributed by atoms with E-state index in [2.05, 4.69) is 5.32 Å². The number of hydrogen-bond donors (Lipinski definition) is 1. The van der Waals surface area contributed by atoms with Gasteiger partial charge in [-0.1, -0.05) is 0 Å². The maximum absolute atomic E-state index is 11.2. The highest BCUT2D eigenvalue weighted by Crippen LogP contribution is 1.93. The van der Waals surface area contributed by atoms with Gasteiger partial charge in [-0.25, -0.2) is 0 Å². The molecule has 1 saturated heterocycles. The summed E-state index contributed by atoms with van der Waals surface area (Å²) in [6, 6.07) is 1.79. The minimum atomic E-state index is -0.0712. The highest BCUT2D eigenvalue weighted by Gasteiger charge is 2.12. The largest absolute Gasteiger partial charge is 0.337 e. The smallest absolute Gasteiger partial charge is 0.247 e. The molecule has 12 heavy (non-hydrogen) atoms. The fraction of sp³-hybridized carbons (Fsp3) is 0.500. The van der Waals surface area contributed by atoms with Crippen LogP contribution in [-0.2, 0) is 4.79 Å². The van der Waals surface area contributed by atoms with Crippen molar-refractivity contribution in [2.75, 3.05) is 26.2 Å². The van der Waals surface area contributed by atoms with Crippen LogP contribution in [0.25, 0.3) is 0 Å². The Morgan fingerprint density at radius 1 is 1.50 bits per heavy atom. The van der Waals surface area contributed by atoms with Crippen LogP contribution in [0.2, 0.25) is 0 Å². The predicted octanol–water partition coefficient (Wildman–Crippen LogP) is -0.502. The lowest BCUT2D eigenvalue weighted by Gasteiger charge is -2.26. The number of rotatable bonds is 1. The molecule has 0 aromatic carbocycles. The van der Waals surface area contributed by atoms with Crippen molar-refractivity contribution >= 4 is 5.91 Å². The Balaban J connectivity index is 2.41. The summed E-state index contributed by atoms with van der Waals surface area (Å²) >= 11 is 0. The van der Waals surface area contributed by atoms with Gasteiger partial charge in [-0.05, 0) is 0 Å². The lowest BCUT2D eigenvalue weighted by Crippen LogP contribution is -2.45. The number of amides is 1. The van der Waals surface area contributed by atoms with Crippen molar-refractivity contribution in [2.24, 2.45) is 0 Å². The van der Waals surface area contributed by atoms with Crippen molar-refractivity contribution in [3.05, 3.63) is 12.2 Å². The second kappa shape index (κ2) is 4.52.